The van der Waals surface area contributed by atoms with E-state index in [2.05, 4.69) is 10.3 Å². The van der Waals surface area contributed by atoms with Crippen LogP contribution in [0.3, 0.4) is 0 Å². The number of H-pyrrole nitrogens is 1. The molecule has 4 amide bonds. The van der Waals surface area contributed by atoms with Gasteiger partial charge in [-0.25, -0.2) is 9.18 Å². The fourth-order valence-corrected chi connectivity index (χ4v) is 8.05. The second-order valence-corrected chi connectivity index (χ2v) is 13.5. The van der Waals surface area contributed by atoms with Crippen molar-refractivity contribution in [2.45, 2.75) is 35.6 Å². The second-order valence-electron chi connectivity index (χ2n) is 11.2. The normalized spacial score (nSPS) is 20.2. The molecular formula is C33H32Cl2FN5O3S. The Bertz CT molecular complexity index is 1750. The summed E-state index contributed by atoms with van der Waals surface area (Å²) in [6.07, 6.45) is 1.77. The molecule has 1 aromatic heterocycles. The van der Waals surface area contributed by atoms with Gasteiger partial charge in [0.1, 0.15) is 10.6 Å². The fourth-order valence-electron chi connectivity index (χ4n) is 6.27. The van der Waals surface area contributed by atoms with Gasteiger partial charge in [0, 0.05) is 71.8 Å². The van der Waals surface area contributed by atoms with E-state index in [-0.39, 0.29) is 35.8 Å². The molecule has 0 spiro atoms. The molecule has 3 aromatic carbocycles. The van der Waals surface area contributed by atoms with Crippen LogP contribution in [-0.4, -0.2) is 75.0 Å². The summed E-state index contributed by atoms with van der Waals surface area (Å²) >= 11 is 13.7. The van der Waals surface area contributed by atoms with E-state index in [9.17, 15) is 18.8 Å². The summed E-state index contributed by atoms with van der Waals surface area (Å²) in [5, 5.41) is 4.20. The lowest BCUT2D eigenvalue weighted by Crippen LogP contribution is -2.58. The highest BCUT2D eigenvalue weighted by molar-refractivity contribution is 8.01. The van der Waals surface area contributed by atoms with Crippen molar-refractivity contribution in [1.29, 1.82) is 0 Å². The number of hydrogen-bond acceptors (Lipinski definition) is 4. The van der Waals surface area contributed by atoms with Gasteiger partial charge in [0.25, 0.3) is 0 Å². The average Bonchev–Trinajstić information content (AvgIpc) is 3.56. The van der Waals surface area contributed by atoms with Gasteiger partial charge in [0.2, 0.25) is 11.8 Å². The number of piperazine rings is 1. The predicted molar refractivity (Wildman–Crippen MR) is 175 cm³/mol. The number of hydrogen-bond donors (Lipinski definition) is 2. The number of likely N-dealkylation sites (tertiary alicyclic amines) is 1. The van der Waals surface area contributed by atoms with E-state index < -0.39 is 16.6 Å². The Morgan fingerprint density at radius 2 is 1.76 bits per heavy atom. The monoisotopic (exact) mass is 667 g/mol. The van der Waals surface area contributed by atoms with Crippen molar-refractivity contribution in [3.05, 3.63) is 99.9 Å². The van der Waals surface area contributed by atoms with Gasteiger partial charge >= 0.3 is 6.03 Å². The summed E-state index contributed by atoms with van der Waals surface area (Å²) in [6, 6.07) is 18.7. The summed E-state index contributed by atoms with van der Waals surface area (Å²) in [7, 11) is 0. The third-order valence-electron chi connectivity index (χ3n) is 8.38. The van der Waals surface area contributed by atoms with Crippen LogP contribution in [0, 0.1) is 5.82 Å². The topological polar surface area (TPSA) is 88.8 Å². The third-order valence-corrected chi connectivity index (χ3v) is 10.3. The van der Waals surface area contributed by atoms with Crippen molar-refractivity contribution in [2.75, 3.05) is 32.7 Å². The molecule has 2 atom stereocenters. The Morgan fingerprint density at radius 3 is 2.47 bits per heavy atom. The summed E-state index contributed by atoms with van der Waals surface area (Å²) in [5.41, 5.74) is 2.09. The Balaban J connectivity index is 1.46. The summed E-state index contributed by atoms with van der Waals surface area (Å²) < 4.78 is 13.3. The van der Waals surface area contributed by atoms with Crippen LogP contribution in [0.1, 0.15) is 30.5 Å². The van der Waals surface area contributed by atoms with Gasteiger partial charge in [-0.2, -0.15) is 0 Å². The van der Waals surface area contributed by atoms with Crippen LogP contribution in [-0.2, 0) is 16.1 Å². The number of carbonyl (C=O) groups excluding carboxylic acids is 3. The predicted octanol–water partition coefficient (Wildman–Crippen LogP) is 6.49. The Hall–Kier alpha value is -3.73. The lowest BCUT2D eigenvalue weighted by molar-refractivity contribution is -0.136. The van der Waals surface area contributed by atoms with Gasteiger partial charge in [-0.3, -0.25) is 9.59 Å². The van der Waals surface area contributed by atoms with E-state index in [4.69, 9.17) is 23.2 Å². The third kappa shape index (κ3) is 6.11. The molecule has 4 aromatic rings. The fraction of sp³-hybridized carbons (Fsp3) is 0.303. The highest BCUT2D eigenvalue weighted by Gasteiger charge is 2.60. The Morgan fingerprint density at radius 1 is 1.02 bits per heavy atom. The van der Waals surface area contributed by atoms with E-state index >= 15 is 0 Å². The summed E-state index contributed by atoms with van der Waals surface area (Å²) in [4.78, 5) is 50.9. The van der Waals surface area contributed by atoms with Crippen LogP contribution in [0.2, 0.25) is 10.0 Å². The molecular weight excluding hydrogens is 636 g/mol. The standard InChI is InChI=1S/C33H32Cl2FN5O3S/c1-2-37-32(44)40-14-12-39(13-15-40)31(43)33(45-23-6-4-3-5-7-23)18-29(42)41(20-21-8-11-26(35)27(36)16-21)30(33)25-19-38-28-17-22(34)9-10-24(25)28/h3-11,16-17,19,30,38H,2,12-15,18,20H2,1H3,(H,37,44)/t30-,33+/m0/s1. The molecule has 0 radical (unpaired) electrons. The van der Waals surface area contributed by atoms with Crippen LogP contribution in [0.15, 0.2) is 77.8 Å². The minimum absolute atomic E-state index is 0.00697. The van der Waals surface area contributed by atoms with Gasteiger partial charge < -0.3 is 25.0 Å². The number of amides is 4. The lowest BCUT2D eigenvalue weighted by Gasteiger charge is -2.42. The zero-order valence-corrected chi connectivity index (χ0v) is 26.9. The number of fused-ring (bicyclic) bond motifs is 1. The maximum Gasteiger partial charge on any atom is 0.317 e. The van der Waals surface area contributed by atoms with Crippen molar-refractivity contribution in [3.8, 4) is 0 Å². The van der Waals surface area contributed by atoms with E-state index in [1.54, 1.807) is 26.8 Å². The smallest absolute Gasteiger partial charge is 0.317 e. The first kappa shape index (κ1) is 31.3. The molecule has 0 aliphatic carbocycles. The van der Waals surface area contributed by atoms with E-state index in [0.717, 1.165) is 21.4 Å². The minimum Gasteiger partial charge on any atom is -0.361 e. The highest BCUT2D eigenvalue weighted by atomic mass is 35.5. The van der Waals surface area contributed by atoms with Gasteiger partial charge in [0.05, 0.1) is 17.5 Å². The van der Waals surface area contributed by atoms with Gasteiger partial charge in [0.15, 0.2) is 0 Å². The summed E-state index contributed by atoms with van der Waals surface area (Å²) in [5.74, 6) is -0.986. The molecule has 3 heterocycles. The first-order chi connectivity index (χ1) is 21.7. The average molecular weight is 669 g/mol. The lowest BCUT2D eigenvalue weighted by atomic mass is 9.90. The van der Waals surface area contributed by atoms with Crippen LogP contribution in [0.25, 0.3) is 10.9 Å². The van der Waals surface area contributed by atoms with Gasteiger partial charge in [-0.1, -0.05) is 53.5 Å². The first-order valence-electron chi connectivity index (χ1n) is 14.8. The Labute approximate surface area is 274 Å². The number of carbonyl (C=O) groups is 3. The molecule has 0 unspecified atom stereocenters. The molecule has 2 N–H and O–H groups in total. The molecule has 2 aliphatic rings. The van der Waals surface area contributed by atoms with Gasteiger partial charge in [-0.05, 0) is 48.9 Å². The van der Waals surface area contributed by atoms with Crippen LogP contribution in [0.5, 0.6) is 0 Å². The van der Waals surface area contributed by atoms with E-state index in [1.165, 1.54) is 23.9 Å². The quantitative estimate of drug-likeness (QED) is 0.236. The maximum atomic E-state index is 15.0. The van der Waals surface area contributed by atoms with Crippen molar-refractivity contribution in [2.24, 2.45) is 0 Å². The molecule has 6 rings (SSSR count). The van der Waals surface area contributed by atoms with Crippen molar-refractivity contribution < 1.29 is 18.8 Å². The number of halogens is 3. The van der Waals surface area contributed by atoms with Crippen LogP contribution < -0.4 is 5.32 Å². The molecule has 0 bridgehead atoms. The molecule has 12 heteroatoms. The number of nitrogens with one attached hydrogen (secondary N) is 2. The number of aromatic nitrogens is 1. The molecule has 8 nitrogen and oxygen atoms in total. The highest BCUT2D eigenvalue weighted by Crippen LogP contribution is 2.55. The second kappa shape index (κ2) is 12.9. The maximum absolute atomic E-state index is 15.0. The molecule has 234 valence electrons. The SMILES string of the molecule is CCNC(=O)N1CCN(C(=O)[C@@]2(Sc3ccccc3)CC(=O)N(Cc3ccc(Cl)c(F)c3)[C@H]2c2c[nH]c3cc(Cl)ccc23)CC1. The zero-order chi connectivity index (χ0) is 31.7. The van der Waals surface area contributed by atoms with E-state index in [1.807, 2.05) is 55.6 Å². The molecule has 45 heavy (non-hydrogen) atoms. The number of urea groups is 1. The first-order valence-corrected chi connectivity index (χ1v) is 16.3. The molecule has 2 saturated heterocycles. The Kier molecular flexibility index (Phi) is 8.99. The zero-order valence-electron chi connectivity index (χ0n) is 24.6. The largest absolute Gasteiger partial charge is 0.361 e. The number of thioether (sulfide) groups is 1. The van der Waals surface area contributed by atoms with Gasteiger partial charge in [-0.15, -0.1) is 11.8 Å². The van der Waals surface area contributed by atoms with Crippen molar-refractivity contribution >= 4 is 63.7 Å². The van der Waals surface area contributed by atoms with Crippen LogP contribution in [0.4, 0.5) is 9.18 Å². The number of nitrogens with zero attached hydrogens (tertiary/aromatic N) is 3. The minimum atomic E-state index is -1.27. The summed E-state index contributed by atoms with van der Waals surface area (Å²) in [6.45, 7) is 3.88. The number of rotatable bonds is 7. The van der Waals surface area contributed by atoms with Crippen molar-refractivity contribution in [3.63, 3.8) is 0 Å². The molecule has 0 saturated carbocycles. The molecule has 2 aliphatic heterocycles. The number of benzene rings is 3. The van der Waals surface area contributed by atoms with E-state index in [0.29, 0.717) is 43.3 Å². The molecule has 2 fully saturated rings. The van der Waals surface area contributed by atoms with Crippen LogP contribution >= 0.6 is 35.0 Å². The number of aromatic amines is 1. The van der Waals surface area contributed by atoms with Crippen molar-refractivity contribution in [1.82, 2.24) is 25.0 Å².